The number of nitrogens with zero attached hydrogens (tertiary/aromatic N) is 4. The summed E-state index contributed by atoms with van der Waals surface area (Å²) >= 11 is 0. The minimum atomic E-state index is 0.426. The van der Waals surface area contributed by atoms with Gasteiger partial charge in [-0.05, 0) is 6.92 Å². The molecule has 0 saturated carbocycles. The molecule has 1 aromatic rings. The van der Waals surface area contributed by atoms with Crippen molar-refractivity contribution in [2.45, 2.75) is 13.5 Å². The van der Waals surface area contributed by atoms with Crippen molar-refractivity contribution in [2.24, 2.45) is 0 Å². The molecule has 0 N–H and O–H groups in total. The fraction of sp³-hybridized carbons (Fsp3) is 0.571. The topological polar surface area (TPSA) is 41.5 Å². The van der Waals surface area contributed by atoms with Crippen LogP contribution in [0.4, 0.5) is 0 Å². The maximum absolute atomic E-state index is 4.96. The largest absolute Gasteiger partial charge is 0.467 e. The molecule has 0 aliphatic carbocycles. The molecule has 5 nitrogen and oxygen atoms in total. The highest BCUT2D eigenvalue weighted by atomic mass is 16.5. The Hall–Kier alpha value is -1.46. The van der Waals surface area contributed by atoms with E-state index in [-0.39, 0.29) is 0 Å². The van der Waals surface area contributed by atoms with Crippen LogP contribution in [0, 0.1) is 0 Å². The lowest BCUT2D eigenvalue weighted by molar-refractivity contribution is 0.134. The van der Waals surface area contributed by atoms with Crippen LogP contribution in [0.15, 0.2) is 24.5 Å². The third kappa shape index (κ3) is 4.29. The quantitative estimate of drug-likeness (QED) is 0.745. The van der Waals surface area contributed by atoms with Gasteiger partial charge in [-0.25, -0.2) is 9.97 Å². The molecule has 0 bridgehead atoms. The monoisotopic (exact) mass is 262 g/mol. The van der Waals surface area contributed by atoms with Gasteiger partial charge in [0.05, 0.1) is 7.11 Å². The van der Waals surface area contributed by atoms with Crippen LogP contribution in [0.1, 0.15) is 12.5 Å². The van der Waals surface area contributed by atoms with Crippen LogP contribution in [0.3, 0.4) is 0 Å². The van der Waals surface area contributed by atoms with E-state index in [0.717, 1.165) is 44.8 Å². The standard InChI is InChI=1S/C14H22N4O/c1-12(2)10-17-4-6-18(7-5-17)11-13-8-15-14(19-3)16-9-13/h8-9H,1,4-7,10-11H2,2-3H3. The van der Waals surface area contributed by atoms with Crippen LogP contribution in [0.5, 0.6) is 6.01 Å². The predicted molar refractivity (Wildman–Crippen MR) is 75.1 cm³/mol. The summed E-state index contributed by atoms with van der Waals surface area (Å²) in [6.07, 6.45) is 3.68. The van der Waals surface area contributed by atoms with Gasteiger partial charge in [0.15, 0.2) is 0 Å². The molecule has 1 aliphatic rings. The number of piperazine rings is 1. The van der Waals surface area contributed by atoms with Crippen molar-refractivity contribution >= 4 is 0 Å². The van der Waals surface area contributed by atoms with E-state index in [1.807, 2.05) is 12.4 Å². The fourth-order valence-electron chi connectivity index (χ4n) is 2.28. The summed E-state index contributed by atoms with van der Waals surface area (Å²) in [7, 11) is 1.58. The Balaban J connectivity index is 1.80. The second-order valence-electron chi connectivity index (χ2n) is 5.09. The van der Waals surface area contributed by atoms with Gasteiger partial charge < -0.3 is 4.74 Å². The maximum Gasteiger partial charge on any atom is 0.316 e. The number of aromatic nitrogens is 2. The molecule has 5 heteroatoms. The van der Waals surface area contributed by atoms with Crippen LogP contribution in [0.25, 0.3) is 0 Å². The number of hydrogen-bond donors (Lipinski definition) is 0. The molecule has 0 atom stereocenters. The van der Waals surface area contributed by atoms with Crippen molar-refractivity contribution in [3.63, 3.8) is 0 Å². The third-order valence-corrected chi connectivity index (χ3v) is 3.23. The van der Waals surface area contributed by atoms with Crippen molar-refractivity contribution in [1.82, 2.24) is 19.8 Å². The maximum atomic E-state index is 4.96. The molecule has 0 spiro atoms. The van der Waals surface area contributed by atoms with E-state index < -0.39 is 0 Å². The van der Waals surface area contributed by atoms with Gasteiger partial charge in [-0.3, -0.25) is 9.80 Å². The molecule has 1 saturated heterocycles. The average molecular weight is 262 g/mol. The van der Waals surface area contributed by atoms with Crippen LogP contribution in [0.2, 0.25) is 0 Å². The summed E-state index contributed by atoms with van der Waals surface area (Å²) in [5.41, 5.74) is 2.37. The van der Waals surface area contributed by atoms with Gasteiger partial charge in [0.25, 0.3) is 0 Å². The Morgan fingerprint density at radius 3 is 2.32 bits per heavy atom. The summed E-state index contributed by atoms with van der Waals surface area (Å²) in [4.78, 5) is 13.1. The molecule has 104 valence electrons. The van der Waals surface area contributed by atoms with Gasteiger partial charge in [0, 0.05) is 57.2 Å². The molecular weight excluding hydrogens is 240 g/mol. The number of hydrogen-bond acceptors (Lipinski definition) is 5. The first-order valence-electron chi connectivity index (χ1n) is 6.61. The zero-order valence-corrected chi connectivity index (χ0v) is 11.8. The normalized spacial score (nSPS) is 17.4. The molecule has 0 unspecified atom stereocenters. The molecule has 0 aromatic carbocycles. The lowest BCUT2D eigenvalue weighted by Gasteiger charge is -2.34. The van der Waals surface area contributed by atoms with Gasteiger partial charge in [-0.15, -0.1) is 0 Å². The van der Waals surface area contributed by atoms with E-state index >= 15 is 0 Å². The van der Waals surface area contributed by atoms with Gasteiger partial charge in [0.2, 0.25) is 0 Å². The Labute approximate surface area is 114 Å². The van der Waals surface area contributed by atoms with E-state index in [1.54, 1.807) is 7.11 Å². The zero-order chi connectivity index (χ0) is 13.7. The van der Waals surface area contributed by atoms with Crippen LogP contribution in [-0.2, 0) is 6.54 Å². The Morgan fingerprint density at radius 1 is 1.21 bits per heavy atom. The minimum absolute atomic E-state index is 0.426. The zero-order valence-electron chi connectivity index (χ0n) is 11.8. The minimum Gasteiger partial charge on any atom is -0.467 e. The molecule has 2 heterocycles. The molecule has 1 fully saturated rings. The van der Waals surface area contributed by atoms with Gasteiger partial charge in [-0.2, -0.15) is 0 Å². The predicted octanol–water partition coefficient (Wildman–Crippen LogP) is 1.18. The summed E-state index contributed by atoms with van der Waals surface area (Å²) in [5.74, 6) is 0. The van der Waals surface area contributed by atoms with E-state index in [9.17, 15) is 0 Å². The van der Waals surface area contributed by atoms with Crippen LogP contribution in [-0.4, -0.2) is 59.6 Å². The Morgan fingerprint density at radius 2 is 1.79 bits per heavy atom. The summed E-state index contributed by atoms with van der Waals surface area (Å²) in [6.45, 7) is 12.3. The molecule has 2 rings (SSSR count). The molecule has 1 aliphatic heterocycles. The highest BCUT2D eigenvalue weighted by Gasteiger charge is 2.16. The fourth-order valence-corrected chi connectivity index (χ4v) is 2.28. The van der Waals surface area contributed by atoms with Gasteiger partial charge in [-0.1, -0.05) is 12.2 Å². The smallest absolute Gasteiger partial charge is 0.316 e. The van der Waals surface area contributed by atoms with Gasteiger partial charge in [0.1, 0.15) is 0 Å². The Kier molecular flexibility index (Phi) is 4.87. The van der Waals surface area contributed by atoms with Gasteiger partial charge >= 0.3 is 6.01 Å². The third-order valence-electron chi connectivity index (χ3n) is 3.23. The number of rotatable bonds is 5. The number of methoxy groups -OCH3 is 1. The highest BCUT2D eigenvalue weighted by molar-refractivity contribution is 5.07. The van der Waals surface area contributed by atoms with Crippen molar-refractivity contribution in [2.75, 3.05) is 39.8 Å². The first-order chi connectivity index (χ1) is 9.17. The first-order valence-corrected chi connectivity index (χ1v) is 6.61. The number of ether oxygens (including phenoxy) is 1. The summed E-state index contributed by atoms with van der Waals surface area (Å²) < 4.78 is 4.96. The highest BCUT2D eigenvalue weighted by Crippen LogP contribution is 2.09. The average Bonchev–Trinajstić information content (AvgIpc) is 2.41. The van der Waals surface area contributed by atoms with Crippen molar-refractivity contribution < 1.29 is 4.74 Å². The molecule has 19 heavy (non-hydrogen) atoms. The second kappa shape index (κ2) is 6.63. The lowest BCUT2D eigenvalue weighted by Crippen LogP contribution is -2.46. The summed E-state index contributed by atoms with van der Waals surface area (Å²) in [5, 5.41) is 0. The lowest BCUT2D eigenvalue weighted by atomic mass is 10.2. The molecular formula is C14H22N4O. The van der Waals surface area contributed by atoms with Crippen LogP contribution >= 0.6 is 0 Å². The van der Waals surface area contributed by atoms with E-state index in [0.29, 0.717) is 6.01 Å². The van der Waals surface area contributed by atoms with Crippen LogP contribution < -0.4 is 4.74 Å². The van der Waals surface area contributed by atoms with Crippen molar-refractivity contribution in [3.8, 4) is 6.01 Å². The van der Waals surface area contributed by atoms with E-state index in [4.69, 9.17) is 4.74 Å². The van der Waals surface area contributed by atoms with Crippen molar-refractivity contribution in [3.05, 3.63) is 30.1 Å². The molecule has 0 radical (unpaired) electrons. The van der Waals surface area contributed by atoms with E-state index in [1.165, 1.54) is 5.57 Å². The SMILES string of the molecule is C=C(C)CN1CCN(Cc2cnc(OC)nc2)CC1. The summed E-state index contributed by atoms with van der Waals surface area (Å²) in [6, 6.07) is 0.426. The molecule has 0 amide bonds. The van der Waals surface area contributed by atoms with E-state index in [2.05, 4.69) is 33.3 Å². The second-order valence-corrected chi connectivity index (χ2v) is 5.09. The first kappa shape index (κ1) is 14.0. The van der Waals surface area contributed by atoms with Crippen molar-refractivity contribution in [1.29, 1.82) is 0 Å². The Bertz CT molecular complexity index is 410. The molecule has 1 aromatic heterocycles.